The molecule has 0 unspecified atom stereocenters. The SMILES string of the molecule is COc1ccc(Cc2cccc(CC(=O)O)c2N)cc1OC. The van der Waals surface area contributed by atoms with E-state index in [1.165, 1.54) is 0 Å². The highest BCUT2D eigenvalue weighted by Crippen LogP contribution is 2.29. The van der Waals surface area contributed by atoms with Crippen molar-refractivity contribution in [1.82, 2.24) is 0 Å². The summed E-state index contributed by atoms with van der Waals surface area (Å²) in [4.78, 5) is 10.9. The Morgan fingerprint density at radius 1 is 1.09 bits per heavy atom. The van der Waals surface area contributed by atoms with Crippen LogP contribution in [0.25, 0.3) is 0 Å². The van der Waals surface area contributed by atoms with Gasteiger partial charge in [0.25, 0.3) is 0 Å². The first kappa shape index (κ1) is 15.7. The van der Waals surface area contributed by atoms with E-state index in [-0.39, 0.29) is 6.42 Å². The fourth-order valence-corrected chi connectivity index (χ4v) is 2.35. The highest BCUT2D eigenvalue weighted by Gasteiger charge is 2.10. The smallest absolute Gasteiger partial charge is 0.307 e. The van der Waals surface area contributed by atoms with Crippen LogP contribution < -0.4 is 15.2 Å². The summed E-state index contributed by atoms with van der Waals surface area (Å²) in [5.74, 6) is 0.425. The number of hydrogen-bond acceptors (Lipinski definition) is 4. The monoisotopic (exact) mass is 301 g/mol. The van der Waals surface area contributed by atoms with Gasteiger partial charge in [-0.25, -0.2) is 0 Å². The molecule has 0 saturated heterocycles. The van der Waals surface area contributed by atoms with E-state index in [0.717, 1.165) is 11.1 Å². The molecule has 3 N–H and O–H groups in total. The summed E-state index contributed by atoms with van der Waals surface area (Å²) in [5, 5.41) is 8.91. The van der Waals surface area contributed by atoms with Crippen LogP contribution in [-0.2, 0) is 17.6 Å². The Kier molecular flexibility index (Phi) is 4.88. The molecular weight excluding hydrogens is 282 g/mol. The van der Waals surface area contributed by atoms with Crippen molar-refractivity contribution in [3.63, 3.8) is 0 Å². The summed E-state index contributed by atoms with van der Waals surface area (Å²) in [6.07, 6.45) is 0.519. The second kappa shape index (κ2) is 6.85. The topological polar surface area (TPSA) is 81.8 Å². The number of anilines is 1. The van der Waals surface area contributed by atoms with Gasteiger partial charge in [0.15, 0.2) is 11.5 Å². The van der Waals surface area contributed by atoms with E-state index in [1.807, 2.05) is 30.3 Å². The van der Waals surface area contributed by atoms with E-state index in [1.54, 1.807) is 20.3 Å². The lowest BCUT2D eigenvalue weighted by molar-refractivity contribution is -0.136. The van der Waals surface area contributed by atoms with Crippen LogP contribution in [0.15, 0.2) is 36.4 Å². The number of carbonyl (C=O) groups is 1. The van der Waals surface area contributed by atoms with Gasteiger partial charge in [-0.2, -0.15) is 0 Å². The number of benzene rings is 2. The molecule has 116 valence electrons. The molecule has 2 aromatic carbocycles. The third-order valence-electron chi connectivity index (χ3n) is 3.47. The van der Waals surface area contributed by atoms with Crippen molar-refractivity contribution >= 4 is 11.7 Å². The number of carboxylic acids is 1. The van der Waals surface area contributed by atoms with Crippen molar-refractivity contribution in [1.29, 1.82) is 0 Å². The largest absolute Gasteiger partial charge is 0.493 e. The Balaban J connectivity index is 2.29. The lowest BCUT2D eigenvalue weighted by Gasteiger charge is -2.12. The molecule has 0 bridgehead atoms. The van der Waals surface area contributed by atoms with E-state index in [0.29, 0.717) is 29.2 Å². The average molecular weight is 301 g/mol. The molecule has 0 aromatic heterocycles. The lowest BCUT2D eigenvalue weighted by Crippen LogP contribution is -2.06. The first-order valence-corrected chi connectivity index (χ1v) is 6.84. The highest BCUT2D eigenvalue weighted by molar-refractivity contribution is 5.73. The van der Waals surface area contributed by atoms with Gasteiger partial charge in [-0.3, -0.25) is 4.79 Å². The molecule has 0 aliphatic heterocycles. The van der Waals surface area contributed by atoms with Gasteiger partial charge < -0.3 is 20.3 Å². The number of hydrogen-bond donors (Lipinski definition) is 2. The Bertz CT molecular complexity index is 682. The molecule has 0 radical (unpaired) electrons. The zero-order chi connectivity index (χ0) is 16.1. The summed E-state index contributed by atoms with van der Waals surface area (Å²) < 4.78 is 10.5. The Morgan fingerprint density at radius 2 is 1.77 bits per heavy atom. The molecule has 2 rings (SSSR count). The zero-order valence-corrected chi connectivity index (χ0v) is 12.6. The molecule has 0 amide bonds. The number of methoxy groups -OCH3 is 2. The van der Waals surface area contributed by atoms with Gasteiger partial charge in [0, 0.05) is 5.69 Å². The van der Waals surface area contributed by atoms with Crippen molar-refractivity contribution in [2.45, 2.75) is 12.8 Å². The molecule has 0 fully saturated rings. The molecule has 0 aliphatic carbocycles. The van der Waals surface area contributed by atoms with E-state index in [2.05, 4.69) is 0 Å². The molecule has 0 saturated carbocycles. The van der Waals surface area contributed by atoms with E-state index in [4.69, 9.17) is 20.3 Å². The van der Waals surface area contributed by atoms with Crippen LogP contribution in [0.3, 0.4) is 0 Å². The molecule has 0 atom stereocenters. The number of carboxylic acid groups (broad SMARTS) is 1. The first-order valence-electron chi connectivity index (χ1n) is 6.84. The van der Waals surface area contributed by atoms with Crippen LogP contribution in [0, 0.1) is 0 Å². The molecule has 0 aliphatic rings. The van der Waals surface area contributed by atoms with E-state index < -0.39 is 5.97 Å². The van der Waals surface area contributed by atoms with E-state index in [9.17, 15) is 4.79 Å². The first-order chi connectivity index (χ1) is 10.5. The molecule has 2 aromatic rings. The molecule has 0 spiro atoms. The average Bonchev–Trinajstić information content (AvgIpc) is 2.50. The Morgan fingerprint density at radius 3 is 2.41 bits per heavy atom. The standard InChI is InChI=1S/C17H19NO4/c1-21-14-7-6-11(9-15(14)22-2)8-12-4-3-5-13(17(12)18)10-16(19)20/h3-7,9H,8,10,18H2,1-2H3,(H,19,20). The summed E-state index contributed by atoms with van der Waals surface area (Å²) in [7, 11) is 3.17. The van der Waals surface area contributed by atoms with Crippen molar-refractivity contribution in [2.75, 3.05) is 20.0 Å². The Labute approximate surface area is 129 Å². The second-order valence-corrected chi connectivity index (χ2v) is 4.93. The highest BCUT2D eigenvalue weighted by atomic mass is 16.5. The van der Waals surface area contributed by atoms with Crippen molar-refractivity contribution in [3.05, 3.63) is 53.1 Å². The van der Waals surface area contributed by atoms with Crippen molar-refractivity contribution in [2.24, 2.45) is 0 Å². The van der Waals surface area contributed by atoms with Gasteiger partial charge in [0.1, 0.15) is 0 Å². The zero-order valence-electron chi connectivity index (χ0n) is 12.6. The summed E-state index contributed by atoms with van der Waals surface area (Å²) in [6.45, 7) is 0. The summed E-state index contributed by atoms with van der Waals surface area (Å²) >= 11 is 0. The molecule has 5 nitrogen and oxygen atoms in total. The van der Waals surface area contributed by atoms with Crippen LogP contribution >= 0.6 is 0 Å². The molecule has 0 heterocycles. The van der Waals surface area contributed by atoms with Gasteiger partial charge in [-0.1, -0.05) is 24.3 Å². The number of para-hydroxylation sites is 1. The number of aliphatic carboxylic acids is 1. The third-order valence-corrected chi connectivity index (χ3v) is 3.47. The summed E-state index contributed by atoms with van der Waals surface area (Å²) in [6, 6.07) is 11.1. The number of rotatable bonds is 6. The lowest BCUT2D eigenvalue weighted by atomic mass is 9.98. The van der Waals surface area contributed by atoms with Crippen LogP contribution in [0.5, 0.6) is 11.5 Å². The minimum absolute atomic E-state index is 0.0778. The predicted molar refractivity (Wildman–Crippen MR) is 84.5 cm³/mol. The maximum absolute atomic E-state index is 10.9. The molecular formula is C17H19NO4. The van der Waals surface area contributed by atoms with Crippen LogP contribution in [-0.4, -0.2) is 25.3 Å². The van der Waals surface area contributed by atoms with Gasteiger partial charge >= 0.3 is 5.97 Å². The molecule has 5 heteroatoms. The maximum Gasteiger partial charge on any atom is 0.307 e. The Hall–Kier alpha value is -2.69. The van der Waals surface area contributed by atoms with Crippen LogP contribution in [0.4, 0.5) is 5.69 Å². The fourth-order valence-electron chi connectivity index (χ4n) is 2.35. The second-order valence-electron chi connectivity index (χ2n) is 4.93. The van der Waals surface area contributed by atoms with Gasteiger partial charge in [-0.15, -0.1) is 0 Å². The quantitative estimate of drug-likeness (QED) is 0.801. The number of nitrogen functional groups attached to an aromatic ring is 1. The number of nitrogens with two attached hydrogens (primary N) is 1. The van der Waals surface area contributed by atoms with Gasteiger partial charge in [-0.05, 0) is 35.2 Å². The third kappa shape index (κ3) is 3.49. The van der Waals surface area contributed by atoms with Crippen LogP contribution in [0.2, 0.25) is 0 Å². The van der Waals surface area contributed by atoms with Gasteiger partial charge in [0.2, 0.25) is 0 Å². The van der Waals surface area contributed by atoms with Crippen molar-refractivity contribution in [3.8, 4) is 11.5 Å². The normalized spacial score (nSPS) is 10.3. The molecule has 22 heavy (non-hydrogen) atoms. The van der Waals surface area contributed by atoms with Crippen LogP contribution in [0.1, 0.15) is 16.7 Å². The maximum atomic E-state index is 10.9. The summed E-state index contributed by atoms with van der Waals surface area (Å²) in [5.41, 5.74) is 9.15. The minimum atomic E-state index is -0.894. The van der Waals surface area contributed by atoms with Crippen molar-refractivity contribution < 1.29 is 19.4 Å². The predicted octanol–water partition coefficient (Wildman–Crippen LogP) is 2.50. The number of ether oxygens (including phenoxy) is 2. The minimum Gasteiger partial charge on any atom is -0.493 e. The van der Waals surface area contributed by atoms with Gasteiger partial charge in [0.05, 0.1) is 20.6 Å². The fraction of sp³-hybridized carbons (Fsp3) is 0.235. The van der Waals surface area contributed by atoms with E-state index >= 15 is 0 Å².